The predicted molar refractivity (Wildman–Crippen MR) is 274 cm³/mol. The Morgan fingerprint density at radius 1 is 0.945 bits per heavy atom. The molecule has 3 heterocycles. The van der Waals surface area contributed by atoms with Gasteiger partial charge in [-0.05, 0) is 117 Å². The molecule has 19 heteroatoms. The number of rotatable bonds is 17. The van der Waals surface area contributed by atoms with Gasteiger partial charge in [0.2, 0.25) is 17.7 Å². The predicted octanol–water partition coefficient (Wildman–Crippen LogP) is 8.70. The van der Waals surface area contributed by atoms with Crippen molar-refractivity contribution in [2.75, 3.05) is 41.4 Å². The molecule has 4 amide bonds. The molecule has 2 aliphatic rings. The van der Waals surface area contributed by atoms with E-state index >= 15 is 0 Å². The minimum atomic E-state index is -4.80. The quantitative estimate of drug-likeness (QED) is 0.0512. The van der Waals surface area contributed by atoms with Crippen molar-refractivity contribution in [1.29, 1.82) is 5.26 Å². The minimum Gasteiger partial charge on any atom is -0.443 e. The number of nitrogens with one attached hydrogen (secondary N) is 3. The van der Waals surface area contributed by atoms with Gasteiger partial charge in [0.1, 0.15) is 24.2 Å². The van der Waals surface area contributed by atoms with Crippen molar-refractivity contribution < 1.29 is 46.6 Å². The van der Waals surface area contributed by atoms with Crippen LogP contribution in [0.3, 0.4) is 0 Å². The van der Waals surface area contributed by atoms with Gasteiger partial charge >= 0.3 is 6.18 Å². The molecule has 2 aliphatic heterocycles. The number of amides is 4. The van der Waals surface area contributed by atoms with E-state index in [1.165, 1.54) is 17.4 Å². The van der Waals surface area contributed by atoms with E-state index < -0.39 is 76.1 Å². The summed E-state index contributed by atoms with van der Waals surface area (Å²) in [5, 5.41) is 29.1. The number of benzene rings is 4. The first-order valence-electron chi connectivity index (χ1n) is 23.9. The van der Waals surface area contributed by atoms with Crippen LogP contribution >= 0.6 is 12.2 Å². The lowest BCUT2D eigenvalue weighted by molar-refractivity contribution is -0.144. The average Bonchev–Trinajstić information content (AvgIpc) is 4.01. The van der Waals surface area contributed by atoms with Crippen LogP contribution in [0.4, 0.5) is 30.2 Å². The number of aliphatic hydroxyl groups is 1. The van der Waals surface area contributed by atoms with E-state index in [0.29, 0.717) is 31.0 Å². The highest BCUT2D eigenvalue weighted by molar-refractivity contribution is 7.81. The number of likely N-dealkylation sites (tertiary alicyclic amines) is 1. The van der Waals surface area contributed by atoms with Crippen LogP contribution < -0.4 is 25.8 Å². The zero-order chi connectivity index (χ0) is 53.0. The molecular formula is C54H59F3N8O7S. The molecule has 0 bridgehead atoms. The van der Waals surface area contributed by atoms with Gasteiger partial charge in [-0.3, -0.25) is 24.1 Å². The van der Waals surface area contributed by atoms with Crippen LogP contribution in [0.1, 0.15) is 89.2 Å². The van der Waals surface area contributed by atoms with Gasteiger partial charge in [-0.25, -0.2) is 4.98 Å². The van der Waals surface area contributed by atoms with Crippen molar-refractivity contribution in [3.8, 4) is 28.5 Å². The summed E-state index contributed by atoms with van der Waals surface area (Å²) in [7, 11) is 0. The maximum Gasteiger partial charge on any atom is 0.417 e. The summed E-state index contributed by atoms with van der Waals surface area (Å²) in [5.74, 6) is -1.20. The summed E-state index contributed by atoms with van der Waals surface area (Å²) >= 11 is 5.68. The number of aryl methyl sites for hydroxylation is 1. The molecule has 4 aromatic carbocycles. The fourth-order valence-electron chi connectivity index (χ4n) is 8.99. The topological polar surface area (TPSA) is 193 Å². The first-order chi connectivity index (χ1) is 34.5. The molecule has 2 saturated heterocycles. The molecule has 0 spiro atoms. The van der Waals surface area contributed by atoms with E-state index in [9.17, 15) is 42.7 Å². The van der Waals surface area contributed by atoms with Crippen LogP contribution in [0.2, 0.25) is 0 Å². The smallest absolute Gasteiger partial charge is 0.417 e. The highest BCUT2D eigenvalue weighted by Crippen LogP contribution is 2.40. The Balaban J connectivity index is 0.847. The Morgan fingerprint density at radius 3 is 2.18 bits per heavy atom. The van der Waals surface area contributed by atoms with Gasteiger partial charge in [0, 0.05) is 43.1 Å². The standard InChI is InChI=1S/C54H59F3N8O7S/c1-32(34-10-12-37(13-11-34)46-33(2)60-31-72-46)61-48(68)44-27-42(66)29-63(44)49(69)47(52(3,4)5)62-45(67)30-71-25-9-8-24-59-39-19-14-35(15-20-39)36-16-21-40(22-17-36)65-51(73)64(50(70)53(65,6)7)41-23-18-38(28-58)43(26-41)54(55,56)57/h10-23,26,31-32,42,44,47,59,66H,8-9,24-25,27,29-30H2,1-7H3,(H,61,68)(H,62,67)/t32?,42-,44+,47?/m1/s1. The number of anilines is 3. The van der Waals surface area contributed by atoms with E-state index in [0.717, 1.165) is 57.1 Å². The van der Waals surface area contributed by atoms with Gasteiger partial charge in [0.25, 0.3) is 5.91 Å². The van der Waals surface area contributed by atoms with Crippen molar-refractivity contribution in [2.45, 2.75) is 104 Å². The largest absolute Gasteiger partial charge is 0.443 e. The number of alkyl halides is 3. The van der Waals surface area contributed by atoms with Crippen molar-refractivity contribution in [2.24, 2.45) is 5.41 Å². The van der Waals surface area contributed by atoms with E-state index in [2.05, 4.69) is 20.9 Å². The molecule has 4 N–H and O–H groups in total. The lowest BCUT2D eigenvalue weighted by atomic mass is 9.85. The molecule has 15 nitrogen and oxygen atoms in total. The third-order valence-corrected chi connectivity index (χ3v) is 13.4. The van der Waals surface area contributed by atoms with Crippen LogP contribution in [0.5, 0.6) is 0 Å². The number of thiocarbonyl (C=S) groups is 1. The Kier molecular flexibility index (Phi) is 16.1. The zero-order valence-corrected chi connectivity index (χ0v) is 42.5. The van der Waals surface area contributed by atoms with Gasteiger partial charge in [-0.2, -0.15) is 18.4 Å². The number of halogens is 3. The lowest BCUT2D eigenvalue weighted by Crippen LogP contribution is -2.58. The van der Waals surface area contributed by atoms with E-state index in [1.807, 2.05) is 95.3 Å². The Bertz CT molecular complexity index is 2880. The Morgan fingerprint density at radius 2 is 1.58 bits per heavy atom. The molecule has 0 radical (unpaired) electrons. The van der Waals surface area contributed by atoms with Gasteiger partial charge in [-0.15, -0.1) is 0 Å². The van der Waals surface area contributed by atoms with Crippen molar-refractivity contribution in [3.63, 3.8) is 0 Å². The summed E-state index contributed by atoms with van der Waals surface area (Å²) in [5.41, 5.74) is 1.99. The molecule has 0 aliphatic carbocycles. The van der Waals surface area contributed by atoms with Crippen LogP contribution in [0, 0.1) is 23.7 Å². The molecule has 384 valence electrons. The molecule has 5 aromatic rings. The second-order valence-electron chi connectivity index (χ2n) is 19.8. The number of carbonyl (C=O) groups excluding carboxylic acids is 4. The third-order valence-electron chi connectivity index (χ3n) is 13.0. The molecule has 4 atom stereocenters. The van der Waals surface area contributed by atoms with Crippen molar-refractivity contribution in [3.05, 3.63) is 120 Å². The van der Waals surface area contributed by atoms with Gasteiger partial charge in [-0.1, -0.05) is 69.3 Å². The summed E-state index contributed by atoms with van der Waals surface area (Å²) in [6.45, 7) is 13.1. The van der Waals surface area contributed by atoms with Crippen LogP contribution in [0.15, 0.2) is 102 Å². The number of unbranched alkanes of at least 4 members (excludes halogenated alkanes) is 1. The van der Waals surface area contributed by atoms with E-state index in [4.69, 9.17) is 21.4 Å². The molecule has 7 rings (SSSR count). The SMILES string of the molecule is Cc1ncoc1-c1ccc(C(C)NC(=O)[C@@H]2C[C@@H](O)CN2C(=O)C(NC(=O)COCCCCNc2ccc(-c3ccc(N4C(=S)N(c5ccc(C#N)c(C(F)(F)F)c5)C(=O)C4(C)C)cc3)cc2)C(C)(C)C)cc1. The first-order valence-corrected chi connectivity index (χ1v) is 24.3. The number of oxazole rings is 1. The number of carbonyl (C=O) groups is 4. The maximum atomic E-state index is 14.1. The van der Waals surface area contributed by atoms with Crippen molar-refractivity contribution >= 4 is 58.0 Å². The number of aliphatic hydroxyl groups excluding tert-OH is 1. The Hall–Kier alpha value is -7.14. The number of hydrogen-bond acceptors (Lipinski definition) is 11. The second-order valence-corrected chi connectivity index (χ2v) is 20.2. The molecule has 2 unspecified atom stereocenters. The normalized spacial score (nSPS) is 17.6. The first kappa shape index (κ1) is 53.7. The molecule has 73 heavy (non-hydrogen) atoms. The van der Waals surface area contributed by atoms with Gasteiger partial charge in [0.15, 0.2) is 17.3 Å². The molecule has 2 fully saturated rings. The highest BCUT2D eigenvalue weighted by atomic mass is 32.1. The van der Waals surface area contributed by atoms with Crippen LogP contribution in [-0.2, 0) is 30.1 Å². The van der Waals surface area contributed by atoms with Crippen LogP contribution in [-0.4, -0.2) is 93.8 Å². The Labute approximate surface area is 427 Å². The number of nitriles is 1. The zero-order valence-electron chi connectivity index (χ0n) is 41.7. The maximum absolute atomic E-state index is 14.1. The molecule has 1 aromatic heterocycles. The average molecular weight is 1020 g/mol. The summed E-state index contributed by atoms with van der Waals surface area (Å²) in [6.07, 6.45) is -2.87. The number of aromatic nitrogens is 1. The van der Waals surface area contributed by atoms with Crippen molar-refractivity contribution in [1.82, 2.24) is 20.5 Å². The number of β-amino-alcohol motifs (C(OH)–C–C–N with tert-alkyl or cyclic N) is 1. The summed E-state index contributed by atoms with van der Waals surface area (Å²) in [6, 6.07) is 25.0. The number of hydrogen-bond donors (Lipinski definition) is 4. The van der Waals surface area contributed by atoms with E-state index in [-0.39, 0.29) is 30.4 Å². The minimum absolute atomic E-state index is 0.00938. The number of nitrogens with zero attached hydrogens (tertiary/aromatic N) is 5. The highest BCUT2D eigenvalue weighted by Gasteiger charge is 2.51. The molecular weight excluding hydrogens is 962 g/mol. The monoisotopic (exact) mass is 1020 g/mol. The van der Waals surface area contributed by atoms with E-state index in [1.54, 1.807) is 36.9 Å². The van der Waals surface area contributed by atoms with Crippen LogP contribution in [0.25, 0.3) is 22.5 Å². The molecule has 0 saturated carbocycles. The van der Waals surface area contributed by atoms with Gasteiger partial charge in [0.05, 0.1) is 40.7 Å². The summed E-state index contributed by atoms with van der Waals surface area (Å²) < 4.78 is 52.5. The fraction of sp³-hybridized carbons (Fsp3) is 0.389. The second kappa shape index (κ2) is 21.9. The number of ether oxygens (including phenoxy) is 1. The van der Waals surface area contributed by atoms with Gasteiger partial charge < -0.3 is 40.0 Å². The summed E-state index contributed by atoms with van der Waals surface area (Å²) in [4.78, 5) is 62.7. The third kappa shape index (κ3) is 12.0. The fourth-order valence-corrected chi connectivity index (χ4v) is 9.51. The lowest BCUT2D eigenvalue weighted by Gasteiger charge is -2.35.